The molecule has 0 fully saturated rings. The Balaban J connectivity index is 2.04. The van der Waals surface area contributed by atoms with E-state index in [0.29, 0.717) is 10.6 Å². The van der Waals surface area contributed by atoms with Gasteiger partial charge in [-0.3, -0.25) is 4.79 Å². The average molecular weight is 391 g/mol. The Morgan fingerprint density at radius 1 is 1.04 bits per heavy atom. The Kier molecular flexibility index (Phi) is 4.88. The van der Waals surface area contributed by atoms with Crippen molar-refractivity contribution in [2.45, 2.75) is 12.8 Å². The molecule has 0 bridgehead atoms. The zero-order valence-corrected chi connectivity index (χ0v) is 16.4. The Morgan fingerprint density at radius 3 is 2.46 bits per heavy atom. The quantitative estimate of drug-likeness (QED) is 0.446. The van der Waals surface area contributed by atoms with Crippen LogP contribution >= 0.6 is 11.6 Å². The molecule has 28 heavy (non-hydrogen) atoms. The average Bonchev–Trinajstić information content (AvgIpc) is 3.09. The molecule has 0 saturated carbocycles. The second-order valence-electron chi connectivity index (χ2n) is 6.62. The highest BCUT2D eigenvalue weighted by Crippen LogP contribution is 2.37. The van der Waals surface area contributed by atoms with Crippen LogP contribution in [0, 0.1) is 6.92 Å². The molecular formula is C23H19ClN2O2. The van der Waals surface area contributed by atoms with Crippen LogP contribution in [0.25, 0.3) is 16.9 Å². The van der Waals surface area contributed by atoms with Crippen molar-refractivity contribution in [2.24, 2.45) is 0 Å². The number of rotatable bonds is 4. The number of fused-ring (bicyclic) bond motifs is 1. The van der Waals surface area contributed by atoms with Crippen LogP contribution in [0.15, 0.2) is 72.9 Å². The highest BCUT2D eigenvalue weighted by Gasteiger charge is 2.32. The van der Waals surface area contributed by atoms with Gasteiger partial charge in [-0.1, -0.05) is 65.7 Å². The molecule has 1 unspecified atom stereocenters. The van der Waals surface area contributed by atoms with E-state index in [1.54, 1.807) is 6.07 Å². The lowest BCUT2D eigenvalue weighted by molar-refractivity contribution is -0.141. The number of aromatic nitrogens is 2. The number of benzene rings is 2. The van der Waals surface area contributed by atoms with Crippen LogP contribution in [0.3, 0.4) is 0 Å². The van der Waals surface area contributed by atoms with Crippen LogP contribution in [-0.4, -0.2) is 22.5 Å². The first kappa shape index (κ1) is 18.3. The summed E-state index contributed by atoms with van der Waals surface area (Å²) in [6.45, 7) is 2.04. The summed E-state index contributed by atoms with van der Waals surface area (Å²) in [5.41, 5.74) is 5.01. The number of aryl methyl sites for hydroxylation is 1. The van der Waals surface area contributed by atoms with Gasteiger partial charge in [0.25, 0.3) is 0 Å². The number of methoxy groups -OCH3 is 1. The maximum absolute atomic E-state index is 12.9. The molecule has 0 aliphatic carbocycles. The fourth-order valence-corrected chi connectivity index (χ4v) is 3.67. The van der Waals surface area contributed by atoms with Gasteiger partial charge in [0.1, 0.15) is 11.6 Å². The first-order valence-corrected chi connectivity index (χ1v) is 9.34. The highest BCUT2D eigenvalue weighted by molar-refractivity contribution is 6.31. The van der Waals surface area contributed by atoms with E-state index in [9.17, 15) is 4.79 Å². The van der Waals surface area contributed by atoms with Gasteiger partial charge in [0, 0.05) is 16.8 Å². The van der Waals surface area contributed by atoms with E-state index in [2.05, 4.69) is 0 Å². The fraction of sp³-hybridized carbons (Fsp3) is 0.130. The minimum atomic E-state index is -0.701. The lowest BCUT2D eigenvalue weighted by Crippen LogP contribution is -2.18. The van der Waals surface area contributed by atoms with Gasteiger partial charge < -0.3 is 9.14 Å². The third kappa shape index (κ3) is 3.16. The van der Waals surface area contributed by atoms with Crippen LogP contribution in [0.2, 0.25) is 5.02 Å². The second-order valence-corrected chi connectivity index (χ2v) is 7.03. The molecule has 2 aromatic heterocycles. The summed E-state index contributed by atoms with van der Waals surface area (Å²) in [7, 11) is 1.39. The first-order chi connectivity index (χ1) is 13.6. The zero-order valence-electron chi connectivity index (χ0n) is 15.6. The fourth-order valence-electron chi connectivity index (χ4n) is 3.43. The van der Waals surface area contributed by atoms with Crippen LogP contribution in [0.4, 0.5) is 0 Å². The van der Waals surface area contributed by atoms with Crippen molar-refractivity contribution >= 4 is 23.2 Å². The molecule has 140 valence electrons. The van der Waals surface area contributed by atoms with Crippen molar-refractivity contribution in [2.75, 3.05) is 7.11 Å². The third-order valence-electron chi connectivity index (χ3n) is 4.82. The number of ether oxygens (including phenoxy) is 1. The number of hydrogen-bond acceptors (Lipinski definition) is 3. The molecule has 0 N–H and O–H groups in total. The van der Waals surface area contributed by atoms with Gasteiger partial charge in [-0.25, -0.2) is 4.98 Å². The van der Waals surface area contributed by atoms with E-state index >= 15 is 0 Å². The molecule has 2 heterocycles. The van der Waals surface area contributed by atoms with Crippen molar-refractivity contribution in [1.82, 2.24) is 9.38 Å². The van der Waals surface area contributed by atoms with E-state index in [0.717, 1.165) is 28.2 Å². The van der Waals surface area contributed by atoms with Gasteiger partial charge in [-0.05, 0) is 30.7 Å². The molecule has 4 rings (SSSR count). The minimum absolute atomic E-state index is 0.382. The first-order valence-electron chi connectivity index (χ1n) is 8.96. The molecule has 0 aliphatic rings. The molecule has 0 amide bonds. The number of hydrogen-bond donors (Lipinski definition) is 0. The predicted molar refractivity (Wildman–Crippen MR) is 111 cm³/mol. The number of esters is 1. The maximum atomic E-state index is 12.9. The number of carbonyl (C=O) groups excluding carboxylic acids is 1. The Labute approximate surface area is 168 Å². The molecule has 0 aliphatic heterocycles. The Morgan fingerprint density at radius 2 is 1.75 bits per heavy atom. The topological polar surface area (TPSA) is 43.6 Å². The van der Waals surface area contributed by atoms with Crippen molar-refractivity contribution in [3.63, 3.8) is 0 Å². The van der Waals surface area contributed by atoms with Gasteiger partial charge in [0.05, 0.1) is 18.5 Å². The van der Waals surface area contributed by atoms with E-state index < -0.39 is 5.92 Å². The number of carbonyl (C=O) groups is 1. The summed E-state index contributed by atoms with van der Waals surface area (Å²) < 4.78 is 7.10. The smallest absolute Gasteiger partial charge is 0.319 e. The normalized spacial score (nSPS) is 12.1. The summed E-state index contributed by atoms with van der Waals surface area (Å²) >= 11 is 6.47. The van der Waals surface area contributed by atoms with Crippen molar-refractivity contribution < 1.29 is 9.53 Å². The summed E-state index contributed by atoms with van der Waals surface area (Å²) in [6.07, 6.45) is 1.90. The van der Waals surface area contributed by atoms with Gasteiger partial charge >= 0.3 is 5.97 Å². The number of halogens is 1. The van der Waals surface area contributed by atoms with Crippen LogP contribution in [-0.2, 0) is 9.53 Å². The van der Waals surface area contributed by atoms with Gasteiger partial charge in [0.2, 0.25) is 0 Å². The Hall–Kier alpha value is -3.11. The largest absolute Gasteiger partial charge is 0.468 e. The standard InChI is InChI=1S/C23H19ClN2O2/c1-15-10-12-16(13-11-15)21-22(26-14-6-5-9-19(26)25-21)20(23(27)28-2)17-7-3-4-8-18(17)24/h3-14,20H,1-2H3. The lowest BCUT2D eigenvalue weighted by Gasteiger charge is -2.18. The van der Waals surface area contributed by atoms with Gasteiger partial charge in [-0.15, -0.1) is 0 Å². The molecule has 4 nitrogen and oxygen atoms in total. The molecule has 0 radical (unpaired) electrons. The monoisotopic (exact) mass is 390 g/mol. The second kappa shape index (κ2) is 7.49. The summed E-state index contributed by atoms with van der Waals surface area (Å²) in [5.74, 6) is -1.08. The van der Waals surface area contributed by atoms with Crippen molar-refractivity contribution in [3.8, 4) is 11.3 Å². The molecule has 1 atom stereocenters. The summed E-state index contributed by atoms with van der Waals surface area (Å²) in [4.78, 5) is 17.7. The third-order valence-corrected chi connectivity index (χ3v) is 5.16. The zero-order chi connectivity index (χ0) is 19.7. The predicted octanol–water partition coefficient (Wildman–Crippen LogP) is 5.27. The van der Waals surface area contributed by atoms with E-state index in [1.807, 2.05) is 78.2 Å². The minimum Gasteiger partial charge on any atom is -0.468 e. The van der Waals surface area contributed by atoms with E-state index in [-0.39, 0.29) is 5.97 Å². The van der Waals surface area contributed by atoms with Gasteiger partial charge in [-0.2, -0.15) is 0 Å². The molecule has 2 aromatic carbocycles. The summed E-state index contributed by atoms with van der Waals surface area (Å²) in [5, 5.41) is 0.513. The maximum Gasteiger partial charge on any atom is 0.319 e. The van der Waals surface area contributed by atoms with E-state index in [1.165, 1.54) is 7.11 Å². The van der Waals surface area contributed by atoms with Crippen LogP contribution in [0.5, 0.6) is 0 Å². The van der Waals surface area contributed by atoms with Crippen LogP contribution in [0.1, 0.15) is 22.7 Å². The Bertz CT molecular complexity index is 1150. The van der Waals surface area contributed by atoms with Crippen molar-refractivity contribution in [1.29, 1.82) is 0 Å². The number of nitrogens with zero attached hydrogens (tertiary/aromatic N) is 2. The van der Waals surface area contributed by atoms with Crippen molar-refractivity contribution in [3.05, 3.63) is 94.8 Å². The van der Waals surface area contributed by atoms with Gasteiger partial charge in [0.15, 0.2) is 0 Å². The molecular weight excluding hydrogens is 372 g/mol. The molecule has 0 spiro atoms. The number of imidazole rings is 1. The molecule has 0 saturated heterocycles. The lowest BCUT2D eigenvalue weighted by atomic mass is 9.92. The summed E-state index contributed by atoms with van der Waals surface area (Å²) in [6, 6.07) is 21.2. The van der Waals surface area contributed by atoms with Crippen LogP contribution < -0.4 is 0 Å². The highest BCUT2D eigenvalue weighted by atomic mass is 35.5. The SMILES string of the molecule is COC(=O)C(c1ccccc1Cl)c1c(-c2ccc(C)cc2)nc2ccccn12. The van der Waals surface area contributed by atoms with E-state index in [4.69, 9.17) is 21.3 Å². The molecule has 4 aromatic rings. The molecule has 5 heteroatoms. The number of pyridine rings is 1.